The molecule has 5 heteroatoms. The third kappa shape index (κ3) is 2.98. The molecule has 0 spiro atoms. The Bertz CT molecular complexity index is 730. The van der Waals surface area contributed by atoms with Crippen molar-refractivity contribution in [2.24, 2.45) is 5.73 Å². The van der Waals surface area contributed by atoms with Crippen LogP contribution in [-0.4, -0.2) is 21.9 Å². The molecule has 0 fully saturated rings. The highest BCUT2D eigenvalue weighted by Crippen LogP contribution is 2.18. The van der Waals surface area contributed by atoms with Gasteiger partial charge in [-0.15, -0.1) is 0 Å². The molecule has 2 aromatic heterocycles. The number of para-hydroxylation sites is 1. The lowest BCUT2D eigenvalue weighted by molar-refractivity contribution is -0.122. The number of carbonyl (C=O) groups is 1. The number of aromatic amines is 2. The second-order valence-electron chi connectivity index (χ2n) is 5.11. The molecule has 108 valence electrons. The zero-order chi connectivity index (χ0) is 14.7. The number of carbonyl (C=O) groups excluding carboxylic acids is 1. The Balaban J connectivity index is 1.62. The maximum Gasteiger partial charge on any atom is 0.237 e. The molecule has 5 N–H and O–H groups in total. The zero-order valence-electron chi connectivity index (χ0n) is 11.6. The summed E-state index contributed by atoms with van der Waals surface area (Å²) in [5.41, 5.74) is 9.16. The van der Waals surface area contributed by atoms with Crippen LogP contribution in [0.25, 0.3) is 10.9 Å². The van der Waals surface area contributed by atoms with Crippen molar-refractivity contribution in [3.8, 4) is 0 Å². The van der Waals surface area contributed by atoms with Crippen LogP contribution in [-0.2, 0) is 17.8 Å². The van der Waals surface area contributed by atoms with Crippen LogP contribution < -0.4 is 11.1 Å². The van der Waals surface area contributed by atoms with Crippen molar-refractivity contribution in [2.75, 3.05) is 0 Å². The average molecular weight is 282 g/mol. The van der Waals surface area contributed by atoms with Gasteiger partial charge in [-0.2, -0.15) is 0 Å². The van der Waals surface area contributed by atoms with Gasteiger partial charge in [-0.25, -0.2) is 0 Å². The summed E-state index contributed by atoms with van der Waals surface area (Å²) in [5, 5.41) is 3.97. The molecule has 1 aromatic carbocycles. The number of amides is 1. The molecule has 3 aromatic rings. The average Bonchev–Trinajstić information content (AvgIpc) is 3.15. The first kappa shape index (κ1) is 13.5. The van der Waals surface area contributed by atoms with Crippen molar-refractivity contribution in [3.05, 3.63) is 60.0 Å². The Hall–Kier alpha value is -2.53. The van der Waals surface area contributed by atoms with Crippen LogP contribution in [0.1, 0.15) is 11.1 Å². The van der Waals surface area contributed by atoms with Crippen molar-refractivity contribution < 1.29 is 4.79 Å². The molecule has 0 saturated heterocycles. The number of benzene rings is 1. The van der Waals surface area contributed by atoms with Gasteiger partial charge in [0, 0.05) is 36.0 Å². The zero-order valence-corrected chi connectivity index (χ0v) is 11.6. The van der Waals surface area contributed by atoms with E-state index in [1.54, 1.807) is 0 Å². The number of nitrogens with two attached hydrogens (primary N) is 1. The molecule has 2 heterocycles. The van der Waals surface area contributed by atoms with Crippen LogP contribution in [0.5, 0.6) is 0 Å². The Morgan fingerprint density at radius 3 is 2.90 bits per heavy atom. The fourth-order valence-electron chi connectivity index (χ4n) is 2.42. The quantitative estimate of drug-likeness (QED) is 0.574. The van der Waals surface area contributed by atoms with Gasteiger partial charge in [0.1, 0.15) is 0 Å². The fraction of sp³-hybridized carbons (Fsp3) is 0.188. The highest BCUT2D eigenvalue weighted by molar-refractivity contribution is 5.86. The lowest BCUT2D eigenvalue weighted by Gasteiger charge is -2.11. The summed E-state index contributed by atoms with van der Waals surface area (Å²) in [7, 11) is 0. The number of hydrogen-bond acceptors (Lipinski definition) is 2. The second-order valence-corrected chi connectivity index (χ2v) is 5.11. The van der Waals surface area contributed by atoms with E-state index in [0.717, 1.165) is 22.0 Å². The van der Waals surface area contributed by atoms with E-state index in [4.69, 9.17) is 5.73 Å². The van der Waals surface area contributed by atoms with E-state index in [-0.39, 0.29) is 5.91 Å². The molecule has 1 atom stereocenters. The van der Waals surface area contributed by atoms with Gasteiger partial charge >= 0.3 is 0 Å². The molecule has 0 aliphatic carbocycles. The van der Waals surface area contributed by atoms with Gasteiger partial charge in [-0.3, -0.25) is 4.79 Å². The molecule has 1 amide bonds. The van der Waals surface area contributed by atoms with Gasteiger partial charge in [-0.1, -0.05) is 18.2 Å². The maximum atomic E-state index is 12.0. The molecule has 0 saturated carbocycles. The van der Waals surface area contributed by atoms with Crippen LogP contribution in [0.15, 0.2) is 48.9 Å². The topological polar surface area (TPSA) is 86.7 Å². The first-order chi connectivity index (χ1) is 10.2. The predicted octanol–water partition coefficient (Wildman–Crippen LogP) is 1.68. The van der Waals surface area contributed by atoms with E-state index in [0.29, 0.717) is 13.0 Å². The summed E-state index contributed by atoms with van der Waals surface area (Å²) in [5.74, 6) is -0.138. The maximum absolute atomic E-state index is 12.0. The number of aromatic nitrogens is 2. The van der Waals surface area contributed by atoms with Crippen LogP contribution in [0.2, 0.25) is 0 Å². The lowest BCUT2D eigenvalue weighted by Crippen LogP contribution is -2.41. The van der Waals surface area contributed by atoms with Gasteiger partial charge in [-0.05, 0) is 29.7 Å². The Morgan fingerprint density at radius 2 is 2.10 bits per heavy atom. The standard InChI is InChI=1S/C16H18N4O/c17-14(16(21)20-9-11-5-6-18-8-11)7-12-10-19-15-4-2-1-3-13(12)15/h1-6,8,10,14,18-19H,7,9,17H2,(H,20,21)/t14-/m1/s1. The summed E-state index contributed by atoms with van der Waals surface area (Å²) in [4.78, 5) is 18.2. The summed E-state index contributed by atoms with van der Waals surface area (Å²) in [6.45, 7) is 0.490. The van der Waals surface area contributed by atoms with Crippen molar-refractivity contribution in [1.82, 2.24) is 15.3 Å². The third-order valence-corrected chi connectivity index (χ3v) is 3.58. The minimum atomic E-state index is -0.553. The predicted molar refractivity (Wildman–Crippen MR) is 82.6 cm³/mol. The lowest BCUT2D eigenvalue weighted by atomic mass is 10.1. The molecule has 0 aliphatic rings. The van der Waals surface area contributed by atoms with E-state index in [1.807, 2.05) is 48.9 Å². The molecular weight excluding hydrogens is 264 g/mol. The van der Waals surface area contributed by atoms with Crippen molar-refractivity contribution in [1.29, 1.82) is 0 Å². The smallest absolute Gasteiger partial charge is 0.237 e. The van der Waals surface area contributed by atoms with Gasteiger partial charge < -0.3 is 21.0 Å². The van der Waals surface area contributed by atoms with Crippen LogP contribution in [0.4, 0.5) is 0 Å². The number of H-pyrrole nitrogens is 2. The minimum absolute atomic E-state index is 0.138. The number of rotatable bonds is 5. The molecule has 0 bridgehead atoms. The Labute approximate surface area is 122 Å². The highest BCUT2D eigenvalue weighted by Gasteiger charge is 2.15. The number of hydrogen-bond donors (Lipinski definition) is 4. The number of fused-ring (bicyclic) bond motifs is 1. The Morgan fingerprint density at radius 1 is 1.24 bits per heavy atom. The number of nitrogens with one attached hydrogen (secondary N) is 3. The third-order valence-electron chi connectivity index (χ3n) is 3.58. The molecule has 0 aliphatic heterocycles. The minimum Gasteiger partial charge on any atom is -0.367 e. The second kappa shape index (κ2) is 5.85. The van der Waals surface area contributed by atoms with Crippen molar-refractivity contribution in [3.63, 3.8) is 0 Å². The monoisotopic (exact) mass is 282 g/mol. The first-order valence-electron chi connectivity index (χ1n) is 6.94. The summed E-state index contributed by atoms with van der Waals surface area (Å²) < 4.78 is 0. The molecule has 0 radical (unpaired) electrons. The normalized spacial score (nSPS) is 12.4. The van der Waals surface area contributed by atoms with Crippen LogP contribution in [0.3, 0.4) is 0 Å². The van der Waals surface area contributed by atoms with E-state index < -0.39 is 6.04 Å². The van der Waals surface area contributed by atoms with Gasteiger partial charge in [0.05, 0.1) is 6.04 Å². The molecule has 3 rings (SSSR count). The summed E-state index contributed by atoms with van der Waals surface area (Å²) >= 11 is 0. The SMILES string of the molecule is N[C@H](Cc1c[nH]c2ccccc12)C(=O)NCc1cc[nH]c1. The van der Waals surface area contributed by atoms with E-state index in [2.05, 4.69) is 15.3 Å². The van der Waals surface area contributed by atoms with Crippen molar-refractivity contribution in [2.45, 2.75) is 19.0 Å². The van der Waals surface area contributed by atoms with Crippen LogP contribution in [0, 0.1) is 0 Å². The van der Waals surface area contributed by atoms with Gasteiger partial charge in [0.15, 0.2) is 0 Å². The molecular formula is C16H18N4O. The molecule has 21 heavy (non-hydrogen) atoms. The van der Waals surface area contributed by atoms with Gasteiger partial charge in [0.2, 0.25) is 5.91 Å². The van der Waals surface area contributed by atoms with Gasteiger partial charge in [0.25, 0.3) is 0 Å². The summed E-state index contributed by atoms with van der Waals surface area (Å²) in [6.07, 6.45) is 6.12. The Kier molecular flexibility index (Phi) is 3.75. The first-order valence-corrected chi connectivity index (χ1v) is 6.94. The van der Waals surface area contributed by atoms with E-state index >= 15 is 0 Å². The molecule has 5 nitrogen and oxygen atoms in total. The van der Waals surface area contributed by atoms with E-state index in [9.17, 15) is 4.79 Å². The van der Waals surface area contributed by atoms with E-state index in [1.165, 1.54) is 0 Å². The summed E-state index contributed by atoms with van der Waals surface area (Å²) in [6, 6.07) is 9.37. The highest BCUT2D eigenvalue weighted by atomic mass is 16.2. The molecule has 0 unspecified atom stereocenters. The largest absolute Gasteiger partial charge is 0.367 e. The van der Waals surface area contributed by atoms with Crippen LogP contribution >= 0.6 is 0 Å². The van der Waals surface area contributed by atoms with Crippen molar-refractivity contribution >= 4 is 16.8 Å². The fourth-order valence-corrected chi connectivity index (χ4v) is 2.42.